The number of rotatable bonds is 7. The van der Waals surface area contributed by atoms with Gasteiger partial charge in [0.15, 0.2) is 0 Å². The quantitative estimate of drug-likeness (QED) is 0.821. The molecular formula is C12H20BrN3O2S. The van der Waals surface area contributed by atoms with Crippen molar-refractivity contribution in [2.45, 2.75) is 31.6 Å². The highest BCUT2D eigenvalue weighted by Crippen LogP contribution is 2.30. The standard InChI is InChI=1S/C12H20BrN3O2S/c1-4-6-16(7-5-2)19(17,18)11-9-15-8-10(13)12(11)14-3/h8-9H,4-7H2,1-3H3,(H,14,15). The minimum atomic E-state index is -3.51. The molecule has 0 aliphatic rings. The summed E-state index contributed by atoms with van der Waals surface area (Å²) in [5.74, 6) is 0. The molecule has 0 amide bonds. The molecule has 0 aliphatic carbocycles. The number of hydrogen-bond acceptors (Lipinski definition) is 4. The lowest BCUT2D eigenvalue weighted by Crippen LogP contribution is -2.33. The second-order valence-electron chi connectivity index (χ2n) is 4.15. The molecule has 1 rings (SSSR count). The average Bonchev–Trinajstić information content (AvgIpc) is 2.38. The fourth-order valence-corrected chi connectivity index (χ4v) is 4.29. The molecule has 0 aromatic carbocycles. The smallest absolute Gasteiger partial charge is 0.246 e. The van der Waals surface area contributed by atoms with Crippen LogP contribution in [0.3, 0.4) is 0 Å². The average molecular weight is 350 g/mol. The minimum absolute atomic E-state index is 0.214. The van der Waals surface area contributed by atoms with Gasteiger partial charge in [-0.15, -0.1) is 0 Å². The van der Waals surface area contributed by atoms with E-state index in [0.717, 1.165) is 12.8 Å². The Morgan fingerprint density at radius 2 is 1.84 bits per heavy atom. The van der Waals surface area contributed by atoms with Gasteiger partial charge in [-0.3, -0.25) is 4.98 Å². The van der Waals surface area contributed by atoms with Crippen LogP contribution in [0.4, 0.5) is 5.69 Å². The molecule has 19 heavy (non-hydrogen) atoms. The van der Waals surface area contributed by atoms with Gasteiger partial charge in [0.1, 0.15) is 4.90 Å². The highest BCUT2D eigenvalue weighted by Gasteiger charge is 2.27. The van der Waals surface area contributed by atoms with Gasteiger partial charge >= 0.3 is 0 Å². The van der Waals surface area contributed by atoms with Crippen LogP contribution in [-0.2, 0) is 10.0 Å². The van der Waals surface area contributed by atoms with Crippen molar-refractivity contribution in [2.75, 3.05) is 25.5 Å². The van der Waals surface area contributed by atoms with Crippen molar-refractivity contribution in [1.29, 1.82) is 0 Å². The molecule has 0 aliphatic heterocycles. The molecule has 7 heteroatoms. The van der Waals surface area contributed by atoms with Gasteiger partial charge < -0.3 is 5.32 Å². The maximum Gasteiger partial charge on any atom is 0.246 e. The maximum atomic E-state index is 12.7. The van der Waals surface area contributed by atoms with E-state index in [4.69, 9.17) is 0 Å². The van der Waals surface area contributed by atoms with Crippen LogP contribution in [0.15, 0.2) is 21.8 Å². The Hall–Kier alpha value is -0.660. The van der Waals surface area contributed by atoms with Crippen molar-refractivity contribution in [2.24, 2.45) is 0 Å². The number of halogens is 1. The van der Waals surface area contributed by atoms with Crippen LogP contribution < -0.4 is 5.32 Å². The summed E-state index contributed by atoms with van der Waals surface area (Å²) in [6, 6.07) is 0. The molecule has 5 nitrogen and oxygen atoms in total. The van der Waals surface area contributed by atoms with E-state index in [2.05, 4.69) is 26.2 Å². The van der Waals surface area contributed by atoms with E-state index in [9.17, 15) is 8.42 Å². The summed E-state index contributed by atoms with van der Waals surface area (Å²) in [5.41, 5.74) is 0.548. The highest BCUT2D eigenvalue weighted by atomic mass is 79.9. The van der Waals surface area contributed by atoms with Gasteiger partial charge in [0.2, 0.25) is 10.0 Å². The number of anilines is 1. The first-order valence-electron chi connectivity index (χ1n) is 6.30. The minimum Gasteiger partial charge on any atom is -0.386 e. The molecule has 1 heterocycles. The van der Waals surface area contributed by atoms with Crippen LogP contribution in [0.2, 0.25) is 0 Å². The Labute approximate surface area is 123 Å². The molecule has 0 fully saturated rings. The second-order valence-corrected chi connectivity index (χ2v) is 6.91. The lowest BCUT2D eigenvalue weighted by molar-refractivity contribution is 0.410. The highest BCUT2D eigenvalue weighted by molar-refractivity contribution is 9.10. The first kappa shape index (κ1) is 16.4. The zero-order valence-corrected chi connectivity index (χ0v) is 13.9. The van der Waals surface area contributed by atoms with Crippen molar-refractivity contribution in [1.82, 2.24) is 9.29 Å². The number of aromatic nitrogens is 1. The van der Waals surface area contributed by atoms with Crippen LogP contribution in [0.25, 0.3) is 0 Å². The molecule has 1 N–H and O–H groups in total. The number of pyridine rings is 1. The Morgan fingerprint density at radius 3 is 2.32 bits per heavy atom. The largest absolute Gasteiger partial charge is 0.386 e. The summed E-state index contributed by atoms with van der Waals surface area (Å²) in [5, 5.41) is 2.92. The Morgan fingerprint density at radius 1 is 1.26 bits per heavy atom. The normalized spacial score (nSPS) is 11.8. The van der Waals surface area contributed by atoms with E-state index in [0.29, 0.717) is 23.2 Å². The second kappa shape index (κ2) is 7.21. The van der Waals surface area contributed by atoms with Crippen LogP contribution in [0.5, 0.6) is 0 Å². The van der Waals surface area contributed by atoms with Gasteiger partial charge in [0.05, 0.1) is 10.2 Å². The molecule has 1 aromatic rings. The molecule has 108 valence electrons. The lowest BCUT2D eigenvalue weighted by atomic mass is 10.4. The van der Waals surface area contributed by atoms with Gasteiger partial charge in [-0.25, -0.2) is 8.42 Å². The lowest BCUT2D eigenvalue weighted by Gasteiger charge is -2.22. The van der Waals surface area contributed by atoms with Crippen molar-refractivity contribution in [3.63, 3.8) is 0 Å². The van der Waals surface area contributed by atoms with Gasteiger partial charge in [-0.1, -0.05) is 13.8 Å². The van der Waals surface area contributed by atoms with Crippen molar-refractivity contribution in [3.8, 4) is 0 Å². The third-order valence-corrected chi connectivity index (χ3v) is 5.19. The summed E-state index contributed by atoms with van der Waals surface area (Å²) in [6.45, 7) is 4.98. The van der Waals surface area contributed by atoms with E-state index < -0.39 is 10.0 Å². The zero-order valence-electron chi connectivity index (χ0n) is 11.5. The van der Waals surface area contributed by atoms with Crippen molar-refractivity contribution in [3.05, 3.63) is 16.9 Å². The van der Waals surface area contributed by atoms with Gasteiger partial charge in [0.25, 0.3) is 0 Å². The monoisotopic (exact) mass is 349 g/mol. The van der Waals surface area contributed by atoms with E-state index in [1.165, 1.54) is 10.5 Å². The zero-order chi connectivity index (χ0) is 14.5. The molecule has 1 aromatic heterocycles. The number of hydrogen-bond donors (Lipinski definition) is 1. The number of nitrogens with zero attached hydrogens (tertiary/aromatic N) is 2. The fourth-order valence-electron chi connectivity index (χ4n) is 1.85. The summed E-state index contributed by atoms with van der Waals surface area (Å²) in [7, 11) is -1.81. The molecule has 0 unspecified atom stereocenters. The first-order chi connectivity index (χ1) is 8.98. The van der Waals surface area contributed by atoms with Crippen LogP contribution in [-0.4, -0.2) is 37.8 Å². The molecule has 0 saturated heterocycles. The topological polar surface area (TPSA) is 62.3 Å². The summed E-state index contributed by atoms with van der Waals surface area (Å²) < 4.78 is 27.5. The summed E-state index contributed by atoms with van der Waals surface area (Å²) in [6.07, 6.45) is 4.55. The van der Waals surface area contributed by atoms with Crippen LogP contribution in [0.1, 0.15) is 26.7 Å². The third kappa shape index (κ3) is 3.67. The molecule has 0 spiro atoms. The summed E-state index contributed by atoms with van der Waals surface area (Å²) >= 11 is 3.32. The SMILES string of the molecule is CCCN(CCC)S(=O)(=O)c1cncc(Br)c1NC. The van der Waals surface area contributed by atoms with E-state index in [1.807, 2.05) is 13.8 Å². The Bertz CT molecular complexity index is 514. The summed E-state index contributed by atoms with van der Waals surface area (Å²) in [4.78, 5) is 4.18. The number of sulfonamides is 1. The van der Waals surface area contributed by atoms with Crippen molar-refractivity contribution >= 4 is 31.6 Å². The molecular weight excluding hydrogens is 330 g/mol. The maximum absolute atomic E-state index is 12.7. The van der Waals surface area contributed by atoms with Crippen LogP contribution >= 0.6 is 15.9 Å². The molecule has 0 bridgehead atoms. The van der Waals surface area contributed by atoms with Gasteiger partial charge in [-0.2, -0.15) is 4.31 Å². The molecule has 0 saturated carbocycles. The van der Waals surface area contributed by atoms with E-state index in [1.54, 1.807) is 13.2 Å². The molecule has 0 radical (unpaired) electrons. The Kier molecular flexibility index (Phi) is 6.22. The van der Waals surface area contributed by atoms with Gasteiger partial charge in [0, 0.05) is 32.5 Å². The van der Waals surface area contributed by atoms with E-state index >= 15 is 0 Å². The van der Waals surface area contributed by atoms with Crippen molar-refractivity contribution < 1.29 is 8.42 Å². The molecule has 0 atom stereocenters. The predicted molar refractivity (Wildman–Crippen MR) is 80.8 cm³/mol. The first-order valence-corrected chi connectivity index (χ1v) is 8.53. The Balaban J connectivity index is 3.28. The van der Waals surface area contributed by atoms with Gasteiger partial charge in [-0.05, 0) is 28.8 Å². The fraction of sp³-hybridized carbons (Fsp3) is 0.583. The number of nitrogens with one attached hydrogen (secondary N) is 1. The van der Waals surface area contributed by atoms with Crippen LogP contribution in [0, 0.1) is 0 Å². The third-order valence-electron chi connectivity index (χ3n) is 2.68. The predicted octanol–water partition coefficient (Wildman–Crippen LogP) is 2.70. The van der Waals surface area contributed by atoms with E-state index in [-0.39, 0.29) is 4.90 Å².